The van der Waals surface area contributed by atoms with Crippen LogP contribution in [0.4, 0.5) is 0 Å². The first-order chi connectivity index (χ1) is 7.87. The third kappa shape index (κ3) is 4.23. The third-order valence-electron chi connectivity index (χ3n) is 3.23. The van der Waals surface area contributed by atoms with Crippen LogP contribution in [0.15, 0.2) is 18.2 Å². The van der Waals surface area contributed by atoms with Crippen molar-refractivity contribution in [2.45, 2.75) is 45.3 Å². The summed E-state index contributed by atoms with van der Waals surface area (Å²) in [6.45, 7) is 6.32. The highest BCUT2D eigenvalue weighted by atomic mass is 127. The SMILES string of the molecule is COC(C)(C)CCC(N)c1cccc(C)c1I. The summed E-state index contributed by atoms with van der Waals surface area (Å²) in [7, 11) is 1.75. The summed E-state index contributed by atoms with van der Waals surface area (Å²) >= 11 is 2.38. The van der Waals surface area contributed by atoms with E-state index in [0.29, 0.717) is 0 Å². The predicted octanol–water partition coefficient (Wildman–Crippen LogP) is 3.80. The molecule has 1 aromatic carbocycles. The van der Waals surface area contributed by atoms with Gasteiger partial charge in [0.05, 0.1) is 5.60 Å². The molecule has 96 valence electrons. The van der Waals surface area contributed by atoms with Gasteiger partial charge >= 0.3 is 0 Å². The van der Waals surface area contributed by atoms with E-state index in [0.717, 1.165) is 12.8 Å². The molecule has 0 bridgehead atoms. The first kappa shape index (κ1) is 14.9. The second-order valence-electron chi connectivity index (χ2n) is 5.09. The van der Waals surface area contributed by atoms with Gasteiger partial charge in [-0.15, -0.1) is 0 Å². The first-order valence-corrected chi connectivity index (χ1v) is 7.01. The lowest BCUT2D eigenvalue weighted by Gasteiger charge is -2.25. The highest BCUT2D eigenvalue weighted by molar-refractivity contribution is 14.1. The molecule has 0 saturated carbocycles. The van der Waals surface area contributed by atoms with Crippen LogP contribution in [-0.2, 0) is 4.74 Å². The quantitative estimate of drug-likeness (QED) is 0.823. The third-order valence-corrected chi connectivity index (χ3v) is 4.70. The molecule has 0 aliphatic heterocycles. The Balaban J connectivity index is 2.71. The zero-order valence-electron chi connectivity index (χ0n) is 11.1. The van der Waals surface area contributed by atoms with Gasteiger partial charge < -0.3 is 10.5 Å². The number of hydrogen-bond acceptors (Lipinski definition) is 2. The van der Waals surface area contributed by atoms with Gasteiger partial charge in [-0.2, -0.15) is 0 Å². The molecule has 17 heavy (non-hydrogen) atoms. The number of nitrogens with two attached hydrogens (primary N) is 1. The highest BCUT2D eigenvalue weighted by Crippen LogP contribution is 2.27. The molecule has 1 atom stereocenters. The standard InChI is InChI=1S/C14H22INO/c1-10-6-5-7-11(13(10)15)12(16)8-9-14(2,3)17-4/h5-7,12H,8-9,16H2,1-4H3. The maximum absolute atomic E-state index is 6.27. The molecule has 0 heterocycles. The molecule has 0 radical (unpaired) electrons. The molecule has 1 rings (SSSR count). The molecule has 0 aliphatic rings. The molecule has 0 aliphatic carbocycles. The Morgan fingerprint density at radius 3 is 2.65 bits per heavy atom. The number of halogens is 1. The highest BCUT2D eigenvalue weighted by Gasteiger charge is 2.19. The van der Waals surface area contributed by atoms with Crippen LogP contribution >= 0.6 is 22.6 Å². The molecule has 2 N–H and O–H groups in total. The van der Waals surface area contributed by atoms with Crippen LogP contribution < -0.4 is 5.73 Å². The van der Waals surface area contributed by atoms with E-state index in [1.807, 2.05) is 0 Å². The average Bonchev–Trinajstić information content (AvgIpc) is 2.30. The summed E-state index contributed by atoms with van der Waals surface area (Å²) in [4.78, 5) is 0. The number of rotatable bonds is 5. The smallest absolute Gasteiger partial charge is 0.0623 e. The van der Waals surface area contributed by atoms with Gasteiger partial charge in [0.1, 0.15) is 0 Å². The van der Waals surface area contributed by atoms with E-state index in [1.165, 1.54) is 14.7 Å². The molecule has 0 fully saturated rings. The van der Waals surface area contributed by atoms with Crippen molar-refractivity contribution in [2.24, 2.45) is 5.73 Å². The lowest BCUT2D eigenvalue weighted by molar-refractivity contribution is 0.0125. The van der Waals surface area contributed by atoms with E-state index < -0.39 is 0 Å². The summed E-state index contributed by atoms with van der Waals surface area (Å²) in [5, 5.41) is 0. The van der Waals surface area contributed by atoms with E-state index in [1.54, 1.807) is 7.11 Å². The van der Waals surface area contributed by atoms with Crippen molar-refractivity contribution in [2.75, 3.05) is 7.11 Å². The summed E-state index contributed by atoms with van der Waals surface area (Å²) in [6, 6.07) is 6.42. The van der Waals surface area contributed by atoms with Crippen LogP contribution in [0, 0.1) is 10.5 Å². The summed E-state index contributed by atoms with van der Waals surface area (Å²) in [6.07, 6.45) is 1.91. The molecular weight excluding hydrogens is 325 g/mol. The topological polar surface area (TPSA) is 35.2 Å². The number of methoxy groups -OCH3 is 1. The Kier molecular flexibility index (Phi) is 5.41. The minimum Gasteiger partial charge on any atom is -0.379 e. The van der Waals surface area contributed by atoms with E-state index in [9.17, 15) is 0 Å². The molecule has 0 spiro atoms. The van der Waals surface area contributed by atoms with Crippen LogP contribution in [0.3, 0.4) is 0 Å². The number of benzene rings is 1. The average molecular weight is 347 g/mol. The zero-order chi connectivity index (χ0) is 13.1. The molecule has 1 unspecified atom stereocenters. The van der Waals surface area contributed by atoms with Crippen LogP contribution in [-0.4, -0.2) is 12.7 Å². The minimum atomic E-state index is -0.0904. The Labute approximate surface area is 118 Å². The number of ether oxygens (including phenoxy) is 1. The monoisotopic (exact) mass is 347 g/mol. The van der Waals surface area contributed by atoms with Gasteiger partial charge in [0.2, 0.25) is 0 Å². The Morgan fingerprint density at radius 2 is 2.06 bits per heavy atom. The fourth-order valence-corrected chi connectivity index (χ4v) is 2.48. The van der Waals surface area contributed by atoms with Crippen molar-refractivity contribution >= 4 is 22.6 Å². The van der Waals surface area contributed by atoms with Gasteiger partial charge in [-0.05, 0) is 67.3 Å². The second kappa shape index (κ2) is 6.16. The molecule has 0 amide bonds. The van der Waals surface area contributed by atoms with Gasteiger partial charge in [0.25, 0.3) is 0 Å². The Bertz CT molecular complexity index is 376. The molecule has 1 aromatic rings. The normalized spacial score (nSPS) is 13.8. The maximum atomic E-state index is 6.27. The predicted molar refractivity (Wildman–Crippen MR) is 81.1 cm³/mol. The summed E-state index contributed by atoms with van der Waals surface area (Å²) < 4.78 is 6.71. The van der Waals surface area contributed by atoms with E-state index in [-0.39, 0.29) is 11.6 Å². The van der Waals surface area contributed by atoms with Gasteiger partial charge in [-0.3, -0.25) is 0 Å². The van der Waals surface area contributed by atoms with Crippen LogP contribution in [0.1, 0.15) is 43.9 Å². The molecule has 2 nitrogen and oxygen atoms in total. The van der Waals surface area contributed by atoms with Crippen LogP contribution in [0.5, 0.6) is 0 Å². The van der Waals surface area contributed by atoms with Crippen molar-refractivity contribution in [3.63, 3.8) is 0 Å². The van der Waals surface area contributed by atoms with E-state index in [4.69, 9.17) is 10.5 Å². The van der Waals surface area contributed by atoms with Crippen LogP contribution in [0.2, 0.25) is 0 Å². The Morgan fingerprint density at radius 1 is 1.41 bits per heavy atom. The van der Waals surface area contributed by atoms with Crippen molar-refractivity contribution < 1.29 is 4.74 Å². The van der Waals surface area contributed by atoms with Crippen molar-refractivity contribution in [1.82, 2.24) is 0 Å². The molecule has 3 heteroatoms. The fraction of sp³-hybridized carbons (Fsp3) is 0.571. The van der Waals surface area contributed by atoms with Gasteiger partial charge in [-0.25, -0.2) is 0 Å². The lowest BCUT2D eigenvalue weighted by atomic mass is 9.95. The van der Waals surface area contributed by atoms with Gasteiger partial charge in [0, 0.05) is 16.7 Å². The summed E-state index contributed by atoms with van der Waals surface area (Å²) in [5.41, 5.74) is 8.72. The van der Waals surface area contributed by atoms with E-state index >= 15 is 0 Å². The maximum Gasteiger partial charge on any atom is 0.0623 e. The first-order valence-electron chi connectivity index (χ1n) is 5.93. The Hall–Kier alpha value is -0.130. The van der Waals surface area contributed by atoms with E-state index in [2.05, 4.69) is 61.6 Å². The largest absolute Gasteiger partial charge is 0.379 e. The fourth-order valence-electron chi connectivity index (χ4n) is 1.72. The minimum absolute atomic E-state index is 0.0904. The summed E-state index contributed by atoms with van der Waals surface area (Å²) in [5.74, 6) is 0. The molecule has 0 aromatic heterocycles. The lowest BCUT2D eigenvalue weighted by Crippen LogP contribution is -2.25. The molecule has 0 saturated heterocycles. The zero-order valence-corrected chi connectivity index (χ0v) is 13.2. The van der Waals surface area contributed by atoms with Gasteiger partial charge in [-0.1, -0.05) is 18.2 Å². The van der Waals surface area contributed by atoms with Crippen molar-refractivity contribution in [1.29, 1.82) is 0 Å². The van der Waals surface area contributed by atoms with Crippen LogP contribution in [0.25, 0.3) is 0 Å². The van der Waals surface area contributed by atoms with Crippen molar-refractivity contribution in [3.05, 3.63) is 32.9 Å². The second-order valence-corrected chi connectivity index (χ2v) is 6.17. The van der Waals surface area contributed by atoms with Gasteiger partial charge in [0.15, 0.2) is 0 Å². The van der Waals surface area contributed by atoms with Crippen molar-refractivity contribution in [3.8, 4) is 0 Å². The number of hydrogen-bond donors (Lipinski definition) is 1. The molecular formula is C14H22INO. The number of aryl methyl sites for hydroxylation is 1.